The molecule has 0 saturated heterocycles. The minimum Gasteiger partial charge on any atom is -0.493 e. The maximum Gasteiger partial charge on any atom is 0.220 e. The Labute approximate surface area is 194 Å². The summed E-state index contributed by atoms with van der Waals surface area (Å²) in [4.78, 5) is 15.5. The van der Waals surface area contributed by atoms with Gasteiger partial charge in [-0.1, -0.05) is 23.7 Å². The van der Waals surface area contributed by atoms with Crippen molar-refractivity contribution >= 4 is 28.9 Å². The molecule has 0 radical (unpaired) electrons. The van der Waals surface area contributed by atoms with Crippen LogP contribution in [0, 0.1) is 0 Å². The zero-order valence-corrected chi connectivity index (χ0v) is 19.3. The normalized spacial score (nSPS) is 12.7. The van der Waals surface area contributed by atoms with Crippen molar-refractivity contribution in [2.45, 2.75) is 25.7 Å². The van der Waals surface area contributed by atoms with Gasteiger partial charge in [-0.25, -0.2) is 9.97 Å². The molecule has 0 atom stereocenters. The number of aliphatic imine (C=N–C) groups is 1. The zero-order valence-electron chi connectivity index (χ0n) is 18.5. The summed E-state index contributed by atoms with van der Waals surface area (Å²) in [6.07, 6.45) is 5.20. The maximum absolute atomic E-state index is 6.23. The molecule has 0 fully saturated rings. The molecule has 1 aliphatic heterocycles. The molecule has 1 aliphatic rings. The Balaban J connectivity index is 1.56. The van der Waals surface area contributed by atoms with Crippen molar-refractivity contribution in [2.24, 2.45) is 4.99 Å². The highest BCUT2D eigenvalue weighted by atomic mass is 35.5. The third-order valence-corrected chi connectivity index (χ3v) is 5.65. The largest absolute Gasteiger partial charge is 0.493 e. The van der Waals surface area contributed by atoms with Crippen LogP contribution in [0.1, 0.15) is 24.0 Å². The van der Waals surface area contributed by atoms with Crippen molar-refractivity contribution in [3.05, 3.63) is 64.8 Å². The Hall–Kier alpha value is -2.96. The molecule has 32 heavy (non-hydrogen) atoms. The Morgan fingerprint density at radius 3 is 2.78 bits per heavy atom. The monoisotopic (exact) mass is 449 g/mol. The molecule has 2 aromatic carbocycles. The fourth-order valence-electron chi connectivity index (χ4n) is 3.82. The number of hydrogen-bond acceptors (Lipinski definition) is 6. The topological polar surface area (TPSA) is 76.6 Å². The molecule has 7 heteroatoms. The molecule has 1 aromatic heterocycles. The number of benzene rings is 2. The maximum atomic E-state index is 6.23. The van der Waals surface area contributed by atoms with Crippen molar-refractivity contribution < 1.29 is 4.74 Å². The molecule has 166 valence electrons. The lowest BCUT2D eigenvalue weighted by molar-refractivity contribution is 0.280. The van der Waals surface area contributed by atoms with E-state index >= 15 is 0 Å². The first-order valence-corrected chi connectivity index (χ1v) is 11.2. The molecule has 0 amide bonds. The average Bonchev–Trinajstić information content (AvgIpc) is 3.18. The minimum absolute atomic E-state index is 0.252. The Morgan fingerprint density at radius 1 is 1.12 bits per heavy atom. The number of fused-ring (bicyclic) bond motifs is 1. The van der Waals surface area contributed by atoms with Gasteiger partial charge >= 0.3 is 0 Å². The van der Waals surface area contributed by atoms with Crippen LogP contribution in [0.2, 0.25) is 5.02 Å². The van der Waals surface area contributed by atoms with Crippen LogP contribution in [-0.2, 0) is 12.8 Å². The first-order chi connectivity index (χ1) is 15.5. The van der Waals surface area contributed by atoms with E-state index in [-0.39, 0.29) is 5.95 Å². The van der Waals surface area contributed by atoms with Crippen LogP contribution in [0.15, 0.2) is 53.7 Å². The third-order valence-electron chi connectivity index (χ3n) is 5.41. The number of nitrogen functional groups attached to an aromatic ring is 1. The quantitative estimate of drug-likeness (QED) is 0.466. The summed E-state index contributed by atoms with van der Waals surface area (Å²) in [5.41, 5.74) is 12.0. The second-order valence-electron chi connectivity index (χ2n) is 8.26. The van der Waals surface area contributed by atoms with Crippen molar-refractivity contribution in [1.82, 2.24) is 14.9 Å². The van der Waals surface area contributed by atoms with E-state index in [4.69, 9.17) is 27.1 Å². The number of nitrogens with zero attached hydrogens (tertiary/aromatic N) is 4. The van der Waals surface area contributed by atoms with Gasteiger partial charge < -0.3 is 15.4 Å². The number of nitrogens with two attached hydrogens (primary N) is 1. The molecule has 3 aromatic rings. The van der Waals surface area contributed by atoms with Gasteiger partial charge in [-0.3, -0.25) is 4.99 Å². The number of hydrogen-bond donors (Lipinski definition) is 1. The molecule has 0 spiro atoms. The van der Waals surface area contributed by atoms with Crippen LogP contribution in [0.25, 0.3) is 11.3 Å². The smallest absolute Gasteiger partial charge is 0.220 e. The van der Waals surface area contributed by atoms with Gasteiger partial charge in [0.15, 0.2) is 0 Å². The lowest BCUT2D eigenvalue weighted by Gasteiger charge is -2.14. The molecule has 6 nitrogen and oxygen atoms in total. The number of ether oxygens (including phenoxy) is 1. The van der Waals surface area contributed by atoms with E-state index in [1.807, 2.05) is 30.3 Å². The van der Waals surface area contributed by atoms with Crippen LogP contribution in [0.4, 0.5) is 11.6 Å². The summed E-state index contributed by atoms with van der Waals surface area (Å²) in [5, 5.41) is 0.765. The standard InChI is InChI=1S/C25H28ClN5O/c1-31(2)11-4-12-32-24-15-18(22-9-10-28-25(27)30-22)14-23-21(24)16-20(29-23)8-7-17-5-3-6-19(26)13-17/h3,5-6,9-10,13-15H,4,7-8,11-12,16H2,1-2H3,(H2,27,28,30). The van der Waals surface area contributed by atoms with Gasteiger partial charge in [0, 0.05) is 41.0 Å². The van der Waals surface area contributed by atoms with Crippen molar-refractivity contribution in [3.63, 3.8) is 0 Å². The predicted octanol–water partition coefficient (Wildman–Crippen LogP) is 4.97. The van der Waals surface area contributed by atoms with Gasteiger partial charge in [0.2, 0.25) is 5.95 Å². The molecular weight excluding hydrogens is 422 g/mol. The van der Waals surface area contributed by atoms with E-state index < -0.39 is 0 Å². The Morgan fingerprint density at radius 2 is 2.00 bits per heavy atom. The van der Waals surface area contributed by atoms with E-state index in [0.717, 1.165) is 71.2 Å². The van der Waals surface area contributed by atoms with Crippen LogP contribution >= 0.6 is 11.6 Å². The van der Waals surface area contributed by atoms with Crippen molar-refractivity contribution in [3.8, 4) is 17.0 Å². The van der Waals surface area contributed by atoms with E-state index in [2.05, 4.69) is 41.1 Å². The molecule has 4 rings (SSSR count). The molecule has 0 bridgehead atoms. The summed E-state index contributed by atoms with van der Waals surface area (Å²) in [5.74, 6) is 1.12. The first-order valence-electron chi connectivity index (χ1n) is 10.8. The summed E-state index contributed by atoms with van der Waals surface area (Å²) >= 11 is 6.13. The molecule has 2 heterocycles. The number of aryl methyl sites for hydroxylation is 1. The first kappa shape index (κ1) is 22.2. The SMILES string of the molecule is CN(C)CCCOc1cc(-c2ccnc(N)n2)cc2c1CC(CCc1cccc(Cl)c1)=N2. The van der Waals surface area contributed by atoms with E-state index in [1.54, 1.807) is 6.20 Å². The number of anilines is 1. The second kappa shape index (κ2) is 10.1. The van der Waals surface area contributed by atoms with Gasteiger partial charge in [0.1, 0.15) is 5.75 Å². The Kier molecular flexibility index (Phi) is 7.02. The molecule has 0 aliphatic carbocycles. The summed E-state index contributed by atoms with van der Waals surface area (Å²) in [6.45, 7) is 1.63. The average molecular weight is 450 g/mol. The second-order valence-corrected chi connectivity index (χ2v) is 8.70. The minimum atomic E-state index is 0.252. The predicted molar refractivity (Wildman–Crippen MR) is 131 cm³/mol. The van der Waals surface area contributed by atoms with Gasteiger partial charge in [-0.05, 0) is 69.3 Å². The van der Waals surface area contributed by atoms with Crippen LogP contribution < -0.4 is 10.5 Å². The highest BCUT2D eigenvalue weighted by Gasteiger charge is 2.21. The van der Waals surface area contributed by atoms with Gasteiger partial charge in [0.05, 0.1) is 18.0 Å². The van der Waals surface area contributed by atoms with Crippen LogP contribution in [0.3, 0.4) is 0 Å². The summed E-state index contributed by atoms with van der Waals surface area (Å²) in [6, 6.07) is 14.0. The Bertz CT molecular complexity index is 1130. The molecule has 0 unspecified atom stereocenters. The fourth-order valence-corrected chi connectivity index (χ4v) is 4.03. The highest BCUT2D eigenvalue weighted by Crippen LogP contribution is 2.39. The fraction of sp³-hybridized carbons (Fsp3) is 0.320. The third kappa shape index (κ3) is 5.64. The van der Waals surface area contributed by atoms with Crippen molar-refractivity contribution in [1.29, 1.82) is 0 Å². The number of aromatic nitrogens is 2. The zero-order chi connectivity index (χ0) is 22.5. The van der Waals surface area contributed by atoms with Gasteiger partial charge in [0.25, 0.3) is 0 Å². The molecular formula is C25H28ClN5O. The highest BCUT2D eigenvalue weighted by molar-refractivity contribution is 6.30. The van der Waals surface area contributed by atoms with Crippen molar-refractivity contribution in [2.75, 3.05) is 33.0 Å². The van der Waals surface area contributed by atoms with E-state index in [9.17, 15) is 0 Å². The van der Waals surface area contributed by atoms with Gasteiger partial charge in [-0.15, -0.1) is 0 Å². The lowest BCUT2D eigenvalue weighted by atomic mass is 10.0. The molecule has 0 saturated carbocycles. The number of halogens is 1. The lowest BCUT2D eigenvalue weighted by Crippen LogP contribution is -2.15. The summed E-state index contributed by atoms with van der Waals surface area (Å²) < 4.78 is 6.23. The van der Waals surface area contributed by atoms with Crippen LogP contribution in [-0.4, -0.2) is 47.8 Å². The van der Waals surface area contributed by atoms with Crippen LogP contribution in [0.5, 0.6) is 5.75 Å². The van der Waals surface area contributed by atoms with E-state index in [1.165, 1.54) is 5.56 Å². The number of rotatable bonds is 9. The van der Waals surface area contributed by atoms with E-state index in [0.29, 0.717) is 6.61 Å². The summed E-state index contributed by atoms with van der Waals surface area (Å²) in [7, 11) is 4.13. The van der Waals surface area contributed by atoms with Gasteiger partial charge in [-0.2, -0.15) is 0 Å². The molecule has 2 N–H and O–H groups in total.